The van der Waals surface area contributed by atoms with E-state index in [9.17, 15) is 9.59 Å². The number of hydrogen-bond acceptors (Lipinski definition) is 8. The van der Waals surface area contributed by atoms with Gasteiger partial charge in [0.1, 0.15) is 0 Å². The molecular weight excluding hydrogens is 578 g/mol. The number of amides is 1. The Hall–Kier alpha value is -3.89. The van der Waals surface area contributed by atoms with Gasteiger partial charge in [-0.1, -0.05) is 42.4 Å². The van der Waals surface area contributed by atoms with Crippen LogP contribution in [0.15, 0.2) is 58.5 Å². The molecule has 0 aliphatic rings. The lowest BCUT2D eigenvalue weighted by Crippen LogP contribution is -2.28. The number of benzene rings is 3. The number of nitrogens with zero attached hydrogens (tertiary/aromatic N) is 2. The standard InChI is InChI=1S/C31H34ClN3O6S/c1-7-28(29(36)33-20-10-8-18(2)22(32)15-20)42-31-34-23-17-27(41-6)26(40-5)16-21(23)30(37)35(31)13-12-19-9-11-24(38-3)25(14-19)39-4/h8-11,14-17,28H,7,12-13H2,1-6H3,(H,33,36)/t28-/m0/s1. The van der Waals surface area contributed by atoms with E-state index in [1.165, 1.54) is 26.0 Å². The number of fused-ring (bicyclic) bond motifs is 1. The van der Waals surface area contributed by atoms with Gasteiger partial charge in [0.15, 0.2) is 28.2 Å². The summed E-state index contributed by atoms with van der Waals surface area (Å²) in [5, 5.41) is 3.79. The number of methoxy groups -OCH3 is 4. The van der Waals surface area contributed by atoms with Crippen LogP contribution in [0.2, 0.25) is 5.02 Å². The van der Waals surface area contributed by atoms with E-state index in [1.54, 1.807) is 37.0 Å². The summed E-state index contributed by atoms with van der Waals surface area (Å²) in [4.78, 5) is 32.1. The van der Waals surface area contributed by atoms with E-state index >= 15 is 0 Å². The Bertz CT molecular complexity index is 1660. The number of rotatable bonds is 12. The van der Waals surface area contributed by atoms with Crippen LogP contribution in [-0.2, 0) is 17.8 Å². The highest BCUT2D eigenvalue weighted by Crippen LogP contribution is 2.33. The molecule has 1 N–H and O–H groups in total. The number of nitrogens with one attached hydrogen (secondary N) is 1. The number of ether oxygens (including phenoxy) is 4. The topological polar surface area (TPSA) is 101 Å². The Morgan fingerprint density at radius 2 is 1.62 bits per heavy atom. The van der Waals surface area contributed by atoms with Gasteiger partial charge < -0.3 is 24.3 Å². The molecule has 0 spiro atoms. The van der Waals surface area contributed by atoms with Crippen LogP contribution in [0, 0.1) is 6.92 Å². The van der Waals surface area contributed by atoms with E-state index in [2.05, 4.69) is 5.32 Å². The van der Waals surface area contributed by atoms with Crippen LogP contribution in [-0.4, -0.2) is 49.1 Å². The molecule has 222 valence electrons. The Labute approximate surface area is 254 Å². The zero-order chi connectivity index (χ0) is 30.4. The number of halogens is 1. The van der Waals surface area contributed by atoms with Crippen molar-refractivity contribution in [3.05, 3.63) is 75.0 Å². The largest absolute Gasteiger partial charge is 0.493 e. The SMILES string of the molecule is CC[C@H](Sc1nc2cc(OC)c(OC)cc2c(=O)n1CCc1ccc(OC)c(OC)c1)C(=O)Nc1ccc(C)c(Cl)c1. The third-order valence-corrected chi connectivity index (χ3v) is 8.61. The van der Waals surface area contributed by atoms with Crippen molar-refractivity contribution in [1.29, 1.82) is 0 Å². The smallest absolute Gasteiger partial charge is 0.262 e. The van der Waals surface area contributed by atoms with Crippen LogP contribution < -0.4 is 29.8 Å². The lowest BCUT2D eigenvalue weighted by Gasteiger charge is -2.19. The first-order chi connectivity index (χ1) is 20.2. The molecule has 4 aromatic rings. The van der Waals surface area contributed by atoms with E-state index in [1.807, 2.05) is 44.2 Å². The molecule has 0 bridgehead atoms. The van der Waals surface area contributed by atoms with Crippen molar-refractivity contribution < 1.29 is 23.7 Å². The summed E-state index contributed by atoms with van der Waals surface area (Å²) in [6.07, 6.45) is 1.02. The van der Waals surface area contributed by atoms with E-state index < -0.39 is 5.25 Å². The van der Waals surface area contributed by atoms with Gasteiger partial charge >= 0.3 is 0 Å². The first kappa shape index (κ1) is 31.1. The molecule has 0 unspecified atom stereocenters. The Morgan fingerprint density at radius 1 is 0.952 bits per heavy atom. The summed E-state index contributed by atoms with van der Waals surface area (Å²) in [6, 6.07) is 14.3. The molecule has 1 amide bonds. The van der Waals surface area contributed by atoms with Gasteiger partial charge in [-0.05, 0) is 61.2 Å². The summed E-state index contributed by atoms with van der Waals surface area (Å²) in [7, 11) is 6.20. The van der Waals surface area contributed by atoms with Crippen LogP contribution >= 0.6 is 23.4 Å². The molecule has 0 saturated carbocycles. The maximum absolute atomic E-state index is 13.9. The highest BCUT2D eigenvalue weighted by Gasteiger charge is 2.23. The third-order valence-electron chi connectivity index (χ3n) is 6.85. The minimum absolute atomic E-state index is 0.212. The maximum atomic E-state index is 13.9. The van der Waals surface area contributed by atoms with E-state index in [0.29, 0.717) is 69.2 Å². The fraction of sp³-hybridized carbons (Fsp3) is 0.323. The van der Waals surface area contributed by atoms with Gasteiger partial charge in [-0.25, -0.2) is 4.98 Å². The van der Waals surface area contributed by atoms with Crippen LogP contribution in [0.5, 0.6) is 23.0 Å². The summed E-state index contributed by atoms with van der Waals surface area (Å²) in [5.74, 6) is 1.89. The van der Waals surface area contributed by atoms with E-state index in [0.717, 1.165) is 11.1 Å². The molecule has 0 fully saturated rings. The molecule has 9 nitrogen and oxygen atoms in total. The zero-order valence-corrected chi connectivity index (χ0v) is 26.0. The molecule has 0 aliphatic carbocycles. The van der Waals surface area contributed by atoms with Gasteiger partial charge in [0, 0.05) is 23.3 Å². The molecule has 0 saturated heterocycles. The normalized spacial score (nSPS) is 11.7. The molecule has 4 rings (SSSR count). The van der Waals surface area contributed by atoms with Gasteiger partial charge in [-0.2, -0.15) is 0 Å². The maximum Gasteiger partial charge on any atom is 0.262 e. The highest BCUT2D eigenvalue weighted by molar-refractivity contribution is 8.00. The van der Waals surface area contributed by atoms with Gasteiger partial charge in [0.05, 0.1) is 44.6 Å². The van der Waals surface area contributed by atoms with Crippen LogP contribution in [0.3, 0.4) is 0 Å². The van der Waals surface area contributed by atoms with Crippen LogP contribution in [0.1, 0.15) is 24.5 Å². The lowest BCUT2D eigenvalue weighted by molar-refractivity contribution is -0.115. The number of anilines is 1. The molecule has 0 radical (unpaired) electrons. The molecule has 11 heteroatoms. The van der Waals surface area contributed by atoms with Crippen molar-refractivity contribution in [2.24, 2.45) is 0 Å². The summed E-state index contributed by atoms with van der Waals surface area (Å²) in [5.41, 5.74) is 2.67. The van der Waals surface area contributed by atoms with Gasteiger partial charge in [-0.15, -0.1) is 0 Å². The second kappa shape index (κ2) is 13.8. The summed E-state index contributed by atoms with van der Waals surface area (Å²) in [6.45, 7) is 4.13. The van der Waals surface area contributed by atoms with E-state index in [-0.39, 0.29) is 11.5 Å². The van der Waals surface area contributed by atoms with Crippen molar-refractivity contribution in [2.75, 3.05) is 33.8 Å². The van der Waals surface area contributed by atoms with Crippen LogP contribution in [0.25, 0.3) is 10.9 Å². The monoisotopic (exact) mass is 611 g/mol. The van der Waals surface area contributed by atoms with E-state index in [4.69, 9.17) is 35.5 Å². The van der Waals surface area contributed by atoms with Crippen molar-refractivity contribution in [2.45, 2.75) is 43.6 Å². The lowest BCUT2D eigenvalue weighted by atomic mass is 10.1. The molecule has 3 aromatic carbocycles. The molecule has 42 heavy (non-hydrogen) atoms. The van der Waals surface area contributed by atoms with Crippen LogP contribution in [0.4, 0.5) is 5.69 Å². The second-order valence-corrected chi connectivity index (χ2v) is 11.1. The Morgan fingerprint density at radius 3 is 2.26 bits per heavy atom. The average Bonchev–Trinajstić information content (AvgIpc) is 3.00. The number of thioether (sulfide) groups is 1. The highest BCUT2D eigenvalue weighted by atomic mass is 35.5. The third kappa shape index (κ3) is 6.77. The van der Waals surface area contributed by atoms with Crippen molar-refractivity contribution in [1.82, 2.24) is 9.55 Å². The average molecular weight is 612 g/mol. The minimum atomic E-state index is -0.526. The number of carbonyl (C=O) groups excluding carboxylic acids is 1. The summed E-state index contributed by atoms with van der Waals surface area (Å²) >= 11 is 7.50. The first-order valence-corrected chi connectivity index (χ1v) is 14.6. The van der Waals surface area contributed by atoms with Crippen molar-refractivity contribution in [3.63, 3.8) is 0 Å². The van der Waals surface area contributed by atoms with Gasteiger partial charge in [-0.3, -0.25) is 14.2 Å². The zero-order valence-electron chi connectivity index (χ0n) is 24.4. The molecule has 1 aromatic heterocycles. The predicted molar refractivity (Wildman–Crippen MR) is 167 cm³/mol. The molecule has 1 atom stereocenters. The minimum Gasteiger partial charge on any atom is -0.493 e. The molecule has 1 heterocycles. The van der Waals surface area contributed by atoms with Crippen molar-refractivity contribution >= 4 is 45.9 Å². The first-order valence-electron chi connectivity index (χ1n) is 13.3. The Kier molecular flexibility index (Phi) is 10.2. The molecular formula is C31H34ClN3O6S. The predicted octanol–water partition coefficient (Wildman–Crippen LogP) is 6.14. The number of aromatic nitrogens is 2. The number of carbonyl (C=O) groups is 1. The quantitative estimate of drug-likeness (QED) is 0.150. The molecule has 0 aliphatic heterocycles. The Balaban J connectivity index is 1.73. The number of hydrogen-bond donors (Lipinski definition) is 1. The van der Waals surface area contributed by atoms with Crippen molar-refractivity contribution in [3.8, 4) is 23.0 Å². The van der Waals surface area contributed by atoms with Gasteiger partial charge in [0.25, 0.3) is 5.56 Å². The second-order valence-electron chi connectivity index (χ2n) is 9.48. The fourth-order valence-electron chi connectivity index (χ4n) is 4.43. The summed E-state index contributed by atoms with van der Waals surface area (Å²) < 4.78 is 23.3. The fourth-order valence-corrected chi connectivity index (χ4v) is 5.65. The number of aryl methyl sites for hydroxylation is 2. The van der Waals surface area contributed by atoms with Gasteiger partial charge in [0.2, 0.25) is 5.91 Å².